The SMILES string of the molecule is CCN(CCCN(C)C)c1cc(NC)cc([N+](=O)[O-])c1. The normalized spacial score (nSPS) is 10.7. The second-order valence-corrected chi connectivity index (χ2v) is 4.98. The topological polar surface area (TPSA) is 61.6 Å². The summed E-state index contributed by atoms with van der Waals surface area (Å²) in [4.78, 5) is 14.9. The molecule has 112 valence electrons. The summed E-state index contributed by atoms with van der Waals surface area (Å²) in [5, 5.41) is 14.0. The molecular formula is C14H24N4O2. The van der Waals surface area contributed by atoms with Crippen LogP contribution in [0.2, 0.25) is 0 Å². The zero-order valence-electron chi connectivity index (χ0n) is 12.7. The molecule has 1 N–H and O–H groups in total. The number of nitro benzene ring substituents is 1. The van der Waals surface area contributed by atoms with E-state index >= 15 is 0 Å². The highest BCUT2D eigenvalue weighted by Crippen LogP contribution is 2.26. The first-order chi connectivity index (χ1) is 9.47. The van der Waals surface area contributed by atoms with Crippen molar-refractivity contribution in [2.24, 2.45) is 0 Å². The molecule has 0 aliphatic carbocycles. The highest BCUT2D eigenvalue weighted by molar-refractivity contribution is 5.64. The van der Waals surface area contributed by atoms with Crippen LogP contribution in [0.4, 0.5) is 17.1 Å². The summed E-state index contributed by atoms with van der Waals surface area (Å²) in [6.45, 7) is 4.79. The molecule has 0 spiro atoms. The van der Waals surface area contributed by atoms with Gasteiger partial charge in [0.25, 0.3) is 5.69 Å². The highest BCUT2D eigenvalue weighted by Gasteiger charge is 2.13. The van der Waals surface area contributed by atoms with E-state index in [9.17, 15) is 10.1 Å². The lowest BCUT2D eigenvalue weighted by Gasteiger charge is -2.24. The number of nitro groups is 1. The molecule has 6 heteroatoms. The average Bonchev–Trinajstić information content (AvgIpc) is 2.42. The maximum atomic E-state index is 11.0. The molecule has 1 aromatic rings. The van der Waals surface area contributed by atoms with Gasteiger partial charge in [0, 0.05) is 43.6 Å². The molecule has 1 rings (SSSR count). The molecule has 0 aliphatic rings. The maximum Gasteiger partial charge on any atom is 0.273 e. The molecule has 0 aromatic heterocycles. The number of nitrogens with one attached hydrogen (secondary N) is 1. The van der Waals surface area contributed by atoms with Crippen LogP contribution in [0.5, 0.6) is 0 Å². The van der Waals surface area contributed by atoms with Crippen LogP contribution in [-0.4, -0.2) is 50.6 Å². The molecule has 6 nitrogen and oxygen atoms in total. The Morgan fingerprint density at radius 1 is 1.25 bits per heavy atom. The van der Waals surface area contributed by atoms with Gasteiger partial charge in [-0.05, 0) is 40.1 Å². The number of rotatable bonds is 8. The molecule has 0 amide bonds. The molecule has 0 heterocycles. The Bertz CT molecular complexity index is 449. The van der Waals surface area contributed by atoms with Gasteiger partial charge in [-0.3, -0.25) is 10.1 Å². The van der Waals surface area contributed by atoms with E-state index in [1.807, 2.05) is 20.2 Å². The largest absolute Gasteiger partial charge is 0.388 e. The number of anilines is 2. The van der Waals surface area contributed by atoms with Gasteiger partial charge in [-0.15, -0.1) is 0 Å². The lowest BCUT2D eigenvalue weighted by molar-refractivity contribution is -0.384. The molecule has 0 radical (unpaired) electrons. The van der Waals surface area contributed by atoms with Gasteiger partial charge in [-0.2, -0.15) is 0 Å². The number of hydrogen-bond donors (Lipinski definition) is 1. The number of benzene rings is 1. The van der Waals surface area contributed by atoms with E-state index in [4.69, 9.17) is 0 Å². The number of nitrogens with zero attached hydrogens (tertiary/aromatic N) is 3. The minimum Gasteiger partial charge on any atom is -0.388 e. The fraction of sp³-hybridized carbons (Fsp3) is 0.571. The fourth-order valence-corrected chi connectivity index (χ4v) is 2.08. The van der Waals surface area contributed by atoms with Crippen molar-refractivity contribution in [1.29, 1.82) is 0 Å². The van der Waals surface area contributed by atoms with Gasteiger partial charge in [-0.25, -0.2) is 0 Å². The predicted molar refractivity (Wildman–Crippen MR) is 83.7 cm³/mol. The van der Waals surface area contributed by atoms with Gasteiger partial charge >= 0.3 is 0 Å². The lowest BCUT2D eigenvalue weighted by Crippen LogP contribution is -2.27. The molecule has 0 unspecified atom stereocenters. The lowest BCUT2D eigenvalue weighted by atomic mass is 10.2. The van der Waals surface area contributed by atoms with Gasteiger partial charge in [0.1, 0.15) is 0 Å². The summed E-state index contributed by atoms with van der Waals surface area (Å²) >= 11 is 0. The monoisotopic (exact) mass is 280 g/mol. The summed E-state index contributed by atoms with van der Waals surface area (Å²) in [7, 11) is 5.86. The Labute approximate surface area is 120 Å². The van der Waals surface area contributed by atoms with Crippen LogP contribution in [0.1, 0.15) is 13.3 Å². The van der Waals surface area contributed by atoms with Crippen LogP contribution >= 0.6 is 0 Å². The quantitative estimate of drug-likeness (QED) is 0.585. The van der Waals surface area contributed by atoms with Crippen LogP contribution in [-0.2, 0) is 0 Å². The van der Waals surface area contributed by atoms with E-state index < -0.39 is 0 Å². The van der Waals surface area contributed by atoms with Crippen molar-refractivity contribution >= 4 is 17.1 Å². The van der Waals surface area contributed by atoms with E-state index in [0.717, 1.165) is 37.4 Å². The van der Waals surface area contributed by atoms with Crippen molar-refractivity contribution in [3.05, 3.63) is 28.3 Å². The van der Waals surface area contributed by atoms with Gasteiger partial charge < -0.3 is 15.1 Å². The Balaban J connectivity index is 2.90. The van der Waals surface area contributed by atoms with Crippen LogP contribution in [0.15, 0.2) is 18.2 Å². The zero-order valence-corrected chi connectivity index (χ0v) is 12.7. The van der Waals surface area contributed by atoms with Crippen LogP contribution in [0, 0.1) is 10.1 Å². The van der Waals surface area contributed by atoms with Crippen LogP contribution in [0.3, 0.4) is 0 Å². The van der Waals surface area contributed by atoms with Crippen LogP contribution < -0.4 is 10.2 Å². The Hall–Kier alpha value is -1.82. The Kier molecular flexibility index (Phi) is 6.24. The maximum absolute atomic E-state index is 11.0. The summed E-state index contributed by atoms with van der Waals surface area (Å²) in [5.41, 5.74) is 1.78. The van der Waals surface area contributed by atoms with Crippen molar-refractivity contribution in [1.82, 2.24) is 4.90 Å². The third-order valence-electron chi connectivity index (χ3n) is 3.18. The molecule has 0 fully saturated rings. The van der Waals surface area contributed by atoms with Crippen molar-refractivity contribution < 1.29 is 4.92 Å². The minimum absolute atomic E-state index is 0.123. The molecule has 0 bridgehead atoms. The van der Waals surface area contributed by atoms with Gasteiger partial charge in [0.05, 0.1) is 4.92 Å². The molecule has 0 saturated carbocycles. The molecule has 20 heavy (non-hydrogen) atoms. The first-order valence-electron chi connectivity index (χ1n) is 6.84. The molecule has 0 aliphatic heterocycles. The van der Waals surface area contributed by atoms with Crippen molar-refractivity contribution in [2.45, 2.75) is 13.3 Å². The standard InChI is InChI=1S/C14H24N4O2/c1-5-17(8-6-7-16(3)4)13-9-12(15-2)10-14(11-13)18(19)20/h9-11,15H,5-8H2,1-4H3. The van der Waals surface area contributed by atoms with E-state index in [-0.39, 0.29) is 10.6 Å². The second-order valence-electron chi connectivity index (χ2n) is 4.98. The fourth-order valence-electron chi connectivity index (χ4n) is 2.08. The number of hydrogen-bond acceptors (Lipinski definition) is 5. The summed E-state index contributed by atoms with van der Waals surface area (Å²) in [6.07, 6.45) is 1.03. The van der Waals surface area contributed by atoms with Crippen LogP contribution in [0.25, 0.3) is 0 Å². The van der Waals surface area contributed by atoms with Crippen molar-refractivity contribution in [2.75, 3.05) is 51.0 Å². The van der Waals surface area contributed by atoms with Gasteiger partial charge in [-0.1, -0.05) is 0 Å². The third kappa shape index (κ3) is 4.70. The molecule has 1 aromatic carbocycles. The molecular weight excluding hydrogens is 256 g/mol. The Morgan fingerprint density at radius 3 is 2.45 bits per heavy atom. The summed E-state index contributed by atoms with van der Waals surface area (Å²) in [5.74, 6) is 0. The van der Waals surface area contributed by atoms with Gasteiger partial charge in [0.2, 0.25) is 0 Å². The zero-order chi connectivity index (χ0) is 15.1. The van der Waals surface area contributed by atoms with E-state index in [2.05, 4.69) is 22.0 Å². The Morgan fingerprint density at radius 2 is 1.95 bits per heavy atom. The third-order valence-corrected chi connectivity index (χ3v) is 3.18. The van der Waals surface area contributed by atoms with E-state index in [1.165, 1.54) is 0 Å². The minimum atomic E-state index is -0.349. The predicted octanol–water partition coefficient (Wildman–Crippen LogP) is 2.41. The van der Waals surface area contributed by atoms with E-state index in [1.54, 1.807) is 19.2 Å². The van der Waals surface area contributed by atoms with Crippen molar-refractivity contribution in [3.63, 3.8) is 0 Å². The highest BCUT2D eigenvalue weighted by atomic mass is 16.6. The molecule has 0 saturated heterocycles. The summed E-state index contributed by atoms with van der Waals surface area (Å²) < 4.78 is 0. The smallest absolute Gasteiger partial charge is 0.273 e. The summed E-state index contributed by atoms with van der Waals surface area (Å²) in [6, 6.07) is 5.14. The number of non-ortho nitro benzene ring substituents is 1. The van der Waals surface area contributed by atoms with Gasteiger partial charge in [0.15, 0.2) is 0 Å². The van der Waals surface area contributed by atoms with E-state index in [0.29, 0.717) is 0 Å². The second kappa shape index (κ2) is 7.69. The molecule has 0 atom stereocenters. The first kappa shape index (κ1) is 16.2. The first-order valence-corrected chi connectivity index (χ1v) is 6.84. The average molecular weight is 280 g/mol. The van der Waals surface area contributed by atoms with Crippen molar-refractivity contribution in [3.8, 4) is 0 Å².